The van der Waals surface area contributed by atoms with Crippen molar-refractivity contribution in [2.45, 2.75) is 284 Å². The summed E-state index contributed by atoms with van der Waals surface area (Å²) in [6.45, 7) is 7.84. The number of ether oxygens (including phenoxy) is 3. The van der Waals surface area contributed by atoms with Gasteiger partial charge in [-0.15, -0.1) is 0 Å². The molecule has 0 aromatic carbocycles. The third kappa shape index (κ3) is 47.1. The summed E-state index contributed by atoms with van der Waals surface area (Å²) in [5.41, 5.74) is 0. The smallest absolute Gasteiger partial charge is 0.306 e. The van der Waals surface area contributed by atoms with Crippen LogP contribution in [0.2, 0.25) is 0 Å². The SMILES string of the molecule is CCCCC/C=C\C/C=C\CCCCCCCCCCCC(=O)OCC(COCCCCCCCCCCCCCC)OC(=O)CCCCCCCCCCCCC. The van der Waals surface area contributed by atoms with Gasteiger partial charge in [-0.25, -0.2) is 0 Å². The van der Waals surface area contributed by atoms with Gasteiger partial charge in [0.25, 0.3) is 0 Å². The lowest BCUT2D eigenvalue weighted by molar-refractivity contribution is -0.163. The molecule has 0 saturated carbocycles. The molecule has 0 aromatic heterocycles. The first-order valence-electron chi connectivity index (χ1n) is 25.9. The molecule has 342 valence electrons. The van der Waals surface area contributed by atoms with Crippen molar-refractivity contribution in [1.29, 1.82) is 0 Å². The highest BCUT2D eigenvalue weighted by Crippen LogP contribution is 2.15. The van der Waals surface area contributed by atoms with Crippen LogP contribution in [0, 0.1) is 0 Å². The number of rotatable bonds is 48. The number of esters is 2. The van der Waals surface area contributed by atoms with Gasteiger partial charge in [0.15, 0.2) is 6.10 Å². The lowest BCUT2D eigenvalue weighted by Gasteiger charge is -2.18. The first kappa shape index (κ1) is 56.4. The normalized spacial score (nSPS) is 12.3. The van der Waals surface area contributed by atoms with Crippen molar-refractivity contribution in [2.75, 3.05) is 19.8 Å². The van der Waals surface area contributed by atoms with E-state index in [1.165, 1.54) is 205 Å². The van der Waals surface area contributed by atoms with Gasteiger partial charge in [0, 0.05) is 19.4 Å². The van der Waals surface area contributed by atoms with Crippen molar-refractivity contribution in [2.24, 2.45) is 0 Å². The summed E-state index contributed by atoms with van der Waals surface area (Å²) in [6, 6.07) is 0. The van der Waals surface area contributed by atoms with E-state index < -0.39 is 6.10 Å². The van der Waals surface area contributed by atoms with Crippen molar-refractivity contribution in [1.82, 2.24) is 0 Å². The zero-order chi connectivity index (χ0) is 42.1. The molecule has 0 heterocycles. The molecular weight excluding hydrogens is 717 g/mol. The van der Waals surface area contributed by atoms with E-state index in [1.807, 2.05) is 0 Å². The molecule has 0 spiro atoms. The Morgan fingerprint density at radius 3 is 1.17 bits per heavy atom. The third-order valence-corrected chi connectivity index (χ3v) is 11.5. The average molecular weight is 817 g/mol. The Kier molecular flexibility index (Phi) is 48.4. The summed E-state index contributed by atoms with van der Waals surface area (Å²) in [4.78, 5) is 25.3. The first-order valence-corrected chi connectivity index (χ1v) is 25.9. The fraction of sp³-hybridized carbons (Fsp3) is 0.887. The van der Waals surface area contributed by atoms with Crippen molar-refractivity contribution in [3.63, 3.8) is 0 Å². The zero-order valence-corrected chi connectivity index (χ0v) is 39.3. The number of carbonyl (C=O) groups is 2. The topological polar surface area (TPSA) is 61.8 Å². The van der Waals surface area contributed by atoms with Gasteiger partial charge in [-0.2, -0.15) is 0 Å². The largest absolute Gasteiger partial charge is 0.462 e. The summed E-state index contributed by atoms with van der Waals surface area (Å²) in [5, 5.41) is 0. The molecule has 0 bridgehead atoms. The molecule has 5 heteroatoms. The highest BCUT2D eigenvalue weighted by Gasteiger charge is 2.17. The van der Waals surface area contributed by atoms with Crippen LogP contribution >= 0.6 is 0 Å². The molecule has 0 aliphatic carbocycles. The first-order chi connectivity index (χ1) is 28.6. The van der Waals surface area contributed by atoms with Crippen LogP contribution in [0.25, 0.3) is 0 Å². The van der Waals surface area contributed by atoms with Gasteiger partial charge in [-0.1, -0.05) is 238 Å². The van der Waals surface area contributed by atoms with Crippen LogP contribution in [-0.2, 0) is 23.8 Å². The predicted molar refractivity (Wildman–Crippen MR) is 252 cm³/mol. The lowest BCUT2D eigenvalue weighted by Crippen LogP contribution is -2.30. The Bertz CT molecular complexity index is 882. The van der Waals surface area contributed by atoms with Crippen LogP contribution in [0.1, 0.15) is 278 Å². The molecule has 0 aromatic rings. The zero-order valence-electron chi connectivity index (χ0n) is 39.3. The van der Waals surface area contributed by atoms with E-state index in [9.17, 15) is 9.59 Å². The summed E-state index contributed by atoms with van der Waals surface area (Å²) in [7, 11) is 0. The maximum Gasteiger partial charge on any atom is 0.306 e. The predicted octanol–water partition coefficient (Wildman–Crippen LogP) is 17.2. The molecule has 0 N–H and O–H groups in total. The molecule has 0 aliphatic rings. The van der Waals surface area contributed by atoms with Gasteiger partial charge in [-0.05, 0) is 51.4 Å². The van der Waals surface area contributed by atoms with Gasteiger partial charge >= 0.3 is 11.9 Å². The standard InChI is InChI=1S/C53H100O5/c1-4-7-10-13-16-19-22-24-25-26-27-28-29-30-32-34-37-40-43-46-52(54)57-50-51(49-56-48-45-42-39-36-33-23-20-17-14-11-8-5-2)58-53(55)47-44-41-38-35-31-21-18-15-12-9-6-3/h16,19,24-25,51H,4-15,17-18,20-23,26-50H2,1-3H3/b19-16-,25-24-. The second-order valence-electron chi connectivity index (χ2n) is 17.4. The Labute approximate surface area is 362 Å². The van der Waals surface area contributed by atoms with E-state index in [0.29, 0.717) is 26.1 Å². The summed E-state index contributed by atoms with van der Waals surface area (Å²) >= 11 is 0. The molecule has 1 atom stereocenters. The van der Waals surface area contributed by atoms with Crippen molar-refractivity contribution in [3.05, 3.63) is 24.3 Å². The fourth-order valence-corrected chi connectivity index (χ4v) is 7.60. The molecule has 1 unspecified atom stereocenters. The minimum absolute atomic E-state index is 0.0905. The van der Waals surface area contributed by atoms with Gasteiger partial charge < -0.3 is 14.2 Å². The fourth-order valence-electron chi connectivity index (χ4n) is 7.60. The van der Waals surface area contributed by atoms with Gasteiger partial charge in [0.05, 0.1) is 6.61 Å². The number of unbranched alkanes of at least 4 members (excludes halogenated alkanes) is 33. The van der Waals surface area contributed by atoms with E-state index in [1.54, 1.807) is 0 Å². The number of allylic oxidation sites excluding steroid dienone is 4. The van der Waals surface area contributed by atoms with Crippen molar-refractivity contribution < 1.29 is 23.8 Å². The Balaban J connectivity index is 4.16. The molecule has 0 amide bonds. The third-order valence-electron chi connectivity index (χ3n) is 11.5. The minimum atomic E-state index is -0.528. The highest BCUT2D eigenvalue weighted by molar-refractivity contribution is 5.70. The Hall–Kier alpha value is -1.62. The van der Waals surface area contributed by atoms with E-state index in [2.05, 4.69) is 45.1 Å². The monoisotopic (exact) mass is 817 g/mol. The van der Waals surface area contributed by atoms with Crippen molar-refractivity contribution in [3.8, 4) is 0 Å². The van der Waals surface area contributed by atoms with Crippen LogP contribution in [0.15, 0.2) is 24.3 Å². The van der Waals surface area contributed by atoms with Gasteiger partial charge in [-0.3, -0.25) is 9.59 Å². The van der Waals surface area contributed by atoms with Crippen LogP contribution in [-0.4, -0.2) is 37.9 Å². The Morgan fingerprint density at radius 2 is 0.724 bits per heavy atom. The van der Waals surface area contributed by atoms with Crippen molar-refractivity contribution >= 4 is 11.9 Å². The van der Waals surface area contributed by atoms with E-state index in [-0.39, 0.29) is 18.5 Å². The van der Waals surface area contributed by atoms with Gasteiger partial charge in [0.1, 0.15) is 6.61 Å². The van der Waals surface area contributed by atoms with Crippen LogP contribution < -0.4 is 0 Å². The average Bonchev–Trinajstić information content (AvgIpc) is 3.22. The minimum Gasteiger partial charge on any atom is -0.462 e. The number of hydrogen-bond acceptors (Lipinski definition) is 5. The molecule has 0 saturated heterocycles. The molecule has 58 heavy (non-hydrogen) atoms. The highest BCUT2D eigenvalue weighted by atomic mass is 16.6. The molecule has 5 nitrogen and oxygen atoms in total. The molecule has 0 rings (SSSR count). The van der Waals surface area contributed by atoms with E-state index >= 15 is 0 Å². The van der Waals surface area contributed by atoms with E-state index in [0.717, 1.165) is 38.5 Å². The molecule has 0 aliphatic heterocycles. The Morgan fingerprint density at radius 1 is 0.379 bits per heavy atom. The summed E-state index contributed by atoms with van der Waals surface area (Å²) in [6.07, 6.45) is 57.5. The van der Waals surface area contributed by atoms with Crippen LogP contribution in [0.5, 0.6) is 0 Å². The van der Waals surface area contributed by atoms with Crippen LogP contribution in [0.3, 0.4) is 0 Å². The lowest BCUT2D eigenvalue weighted by atomic mass is 10.1. The van der Waals surface area contributed by atoms with Gasteiger partial charge in [0.2, 0.25) is 0 Å². The van der Waals surface area contributed by atoms with E-state index in [4.69, 9.17) is 14.2 Å². The second-order valence-corrected chi connectivity index (χ2v) is 17.4. The molecular formula is C53H100O5. The number of carbonyl (C=O) groups excluding carboxylic acids is 2. The maximum absolute atomic E-state index is 12.7. The summed E-state index contributed by atoms with van der Waals surface area (Å²) < 4.78 is 17.4. The molecule has 0 fully saturated rings. The summed E-state index contributed by atoms with van der Waals surface area (Å²) in [5.74, 6) is -0.386. The second kappa shape index (κ2) is 49.7. The van der Waals surface area contributed by atoms with Crippen LogP contribution in [0.4, 0.5) is 0 Å². The quantitative estimate of drug-likeness (QED) is 0.0348. The maximum atomic E-state index is 12.7. The molecule has 0 radical (unpaired) electrons. The number of hydrogen-bond donors (Lipinski definition) is 0.